The van der Waals surface area contributed by atoms with Crippen LogP contribution in [0.5, 0.6) is 0 Å². The van der Waals surface area contributed by atoms with Gasteiger partial charge in [-0.15, -0.1) is 0 Å². The third kappa shape index (κ3) is 6.25. The van der Waals surface area contributed by atoms with E-state index < -0.39 is 10.0 Å². The number of benzene rings is 4. The van der Waals surface area contributed by atoms with E-state index in [1.54, 1.807) is 36.4 Å². The summed E-state index contributed by atoms with van der Waals surface area (Å²) in [5.41, 5.74) is 5.47. The lowest BCUT2D eigenvalue weighted by atomic mass is 10.00. The smallest absolute Gasteiger partial charge is 0.261 e. The third-order valence-corrected chi connectivity index (χ3v) is 9.09. The van der Waals surface area contributed by atoms with Crippen molar-refractivity contribution in [1.82, 2.24) is 4.90 Å². The van der Waals surface area contributed by atoms with Gasteiger partial charge in [0.15, 0.2) is 0 Å². The van der Waals surface area contributed by atoms with Crippen LogP contribution in [0.4, 0.5) is 17.1 Å². The van der Waals surface area contributed by atoms with Crippen molar-refractivity contribution in [2.24, 2.45) is 0 Å². The molecule has 4 aromatic carbocycles. The number of likely N-dealkylation sites (tertiary alicyclic amines) is 1. The molecule has 3 N–H and O–H groups in total. The maximum absolute atomic E-state index is 13.4. The van der Waals surface area contributed by atoms with E-state index in [4.69, 9.17) is 0 Å². The van der Waals surface area contributed by atoms with Crippen molar-refractivity contribution in [1.29, 1.82) is 0 Å². The van der Waals surface area contributed by atoms with E-state index >= 15 is 0 Å². The maximum Gasteiger partial charge on any atom is 0.261 e. The SMILES string of the molecule is O=C1Nc2ccc(S(=O)(=O)Nc3ccccc3)cc2C1=C(Nc1ccc(CN2CCCCCC2)cc1)c1ccccc1. The molecule has 2 aliphatic rings. The van der Waals surface area contributed by atoms with Crippen LogP contribution in [0.15, 0.2) is 108 Å². The lowest BCUT2D eigenvalue weighted by Gasteiger charge is -2.20. The molecule has 0 radical (unpaired) electrons. The van der Waals surface area contributed by atoms with Crippen LogP contribution < -0.4 is 15.4 Å². The van der Waals surface area contributed by atoms with Crippen molar-refractivity contribution in [3.05, 3.63) is 120 Å². The van der Waals surface area contributed by atoms with Crippen molar-refractivity contribution in [2.75, 3.05) is 28.4 Å². The zero-order valence-corrected chi connectivity index (χ0v) is 24.2. The van der Waals surface area contributed by atoms with Gasteiger partial charge in [-0.1, -0.05) is 73.5 Å². The predicted octanol–water partition coefficient (Wildman–Crippen LogP) is 6.80. The quantitative estimate of drug-likeness (QED) is 0.200. The number of para-hydroxylation sites is 1. The Labute approximate surface area is 247 Å². The second kappa shape index (κ2) is 12.2. The molecule has 6 rings (SSSR count). The fourth-order valence-corrected chi connectivity index (χ4v) is 6.64. The number of carbonyl (C=O) groups is 1. The molecule has 2 heterocycles. The zero-order valence-electron chi connectivity index (χ0n) is 23.3. The number of amides is 1. The average Bonchev–Trinajstić information content (AvgIpc) is 3.14. The number of nitrogens with zero attached hydrogens (tertiary/aromatic N) is 1. The summed E-state index contributed by atoms with van der Waals surface area (Å²) in [6.07, 6.45) is 5.12. The molecule has 1 saturated heterocycles. The number of carbonyl (C=O) groups excluding carboxylic acids is 1. The van der Waals surface area contributed by atoms with Crippen LogP contribution in [0.2, 0.25) is 0 Å². The Hall–Kier alpha value is -4.40. The molecule has 214 valence electrons. The van der Waals surface area contributed by atoms with E-state index in [0.717, 1.165) is 30.9 Å². The summed E-state index contributed by atoms with van der Waals surface area (Å²) < 4.78 is 29.1. The van der Waals surface area contributed by atoms with Gasteiger partial charge in [0, 0.05) is 29.2 Å². The first-order valence-electron chi connectivity index (χ1n) is 14.4. The Bertz CT molecular complexity index is 1700. The fraction of sp³-hybridized carbons (Fsp3) is 0.206. The van der Waals surface area contributed by atoms with E-state index in [0.29, 0.717) is 28.2 Å². The molecule has 42 heavy (non-hydrogen) atoms. The van der Waals surface area contributed by atoms with Gasteiger partial charge in [0.2, 0.25) is 0 Å². The molecule has 0 bridgehead atoms. The van der Waals surface area contributed by atoms with Crippen LogP contribution >= 0.6 is 0 Å². The van der Waals surface area contributed by atoms with E-state index in [-0.39, 0.29) is 10.8 Å². The molecule has 1 amide bonds. The van der Waals surface area contributed by atoms with Crippen LogP contribution in [0.3, 0.4) is 0 Å². The van der Waals surface area contributed by atoms with Gasteiger partial charge >= 0.3 is 0 Å². The Morgan fingerprint density at radius 2 is 1.43 bits per heavy atom. The van der Waals surface area contributed by atoms with Gasteiger partial charge in [-0.2, -0.15) is 0 Å². The molecule has 2 aliphatic heterocycles. The summed E-state index contributed by atoms with van der Waals surface area (Å²) in [5, 5.41) is 6.40. The molecule has 7 nitrogen and oxygen atoms in total. The Morgan fingerprint density at radius 3 is 2.12 bits per heavy atom. The lowest BCUT2D eigenvalue weighted by molar-refractivity contribution is -0.110. The summed E-state index contributed by atoms with van der Waals surface area (Å²) >= 11 is 0. The second-order valence-corrected chi connectivity index (χ2v) is 12.4. The summed E-state index contributed by atoms with van der Waals surface area (Å²) in [7, 11) is -3.88. The van der Waals surface area contributed by atoms with Gasteiger partial charge in [-0.05, 0) is 79.5 Å². The summed E-state index contributed by atoms with van der Waals surface area (Å²) in [6, 6.07) is 31.4. The first-order chi connectivity index (χ1) is 20.5. The minimum absolute atomic E-state index is 0.0735. The lowest BCUT2D eigenvalue weighted by Crippen LogP contribution is -2.23. The normalized spacial score (nSPS) is 16.7. The highest BCUT2D eigenvalue weighted by molar-refractivity contribution is 7.92. The van der Waals surface area contributed by atoms with Crippen LogP contribution in [0.1, 0.15) is 42.4 Å². The van der Waals surface area contributed by atoms with Crippen LogP contribution in [-0.4, -0.2) is 32.3 Å². The maximum atomic E-state index is 13.4. The standard InChI is InChI=1S/C34H34N4O3S/c39-34-32(30-23-29(19-20-31(30)36-34)42(40,41)37-28-13-7-4-8-14-28)33(26-11-5-3-6-12-26)35-27-17-15-25(16-18-27)24-38-21-9-1-2-10-22-38/h3-8,11-20,23,35,37H,1-2,9-10,21-22,24H2,(H,36,39). The first kappa shape index (κ1) is 27.8. The van der Waals surface area contributed by atoms with Gasteiger partial charge in [0.25, 0.3) is 15.9 Å². The monoisotopic (exact) mass is 578 g/mol. The molecule has 0 unspecified atom stereocenters. The van der Waals surface area contributed by atoms with Gasteiger partial charge in [-0.3, -0.25) is 14.4 Å². The van der Waals surface area contributed by atoms with E-state index in [9.17, 15) is 13.2 Å². The molecule has 0 spiro atoms. The number of fused-ring (bicyclic) bond motifs is 1. The summed E-state index contributed by atoms with van der Waals surface area (Å²) in [5.74, 6) is -0.292. The zero-order chi connectivity index (χ0) is 28.9. The Balaban J connectivity index is 1.34. The molecule has 0 atom stereocenters. The number of hydrogen-bond acceptors (Lipinski definition) is 5. The minimum atomic E-state index is -3.88. The molecule has 8 heteroatoms. The molecular formula is C34H34N4O3S. The van der Waals surface area contributed by atoms with Gasteiger partial charge < -0.3 is 10.6 Å². The Kier molecular flexibility index (Phi) is 8.08. The number of anilines is 3. The molecule has 1 fully saturated rings. The Morgan fingerprint density at radius 1 is 0.762 bits per heavy atom. The number of nitrogens with one attached hydrogen (secondary N) is 3. The van der Waals surface area contributed by atoms with Crippen LogP contribution in [-0.2, 0) is 21.4 Å². The molecule has 4 aromatic rings. The predicted molar refractivity (Wildman–Crippen MR) is 169 cm³/mol. The highest BCUT2D eigenvalue weighted by Crippen LogP contribution is 2.39. The van der Waals surface area contributed by atoms with E-state index in [1.165, 1.54) is 37.3 Å². The van der Waals surface area contributed by atoms with Gasteiger partial charge in [0.1, 0.15) is 0 Å². The number of rotatable bonds is 8. The second-order valence-electron chi connectivity index (χ2n) is 10.8. The molecule has 0 saturated carbocycles. The minimum Gasteiger partial charge on any atom is -0.354 e. The van der Waals surface area contributed by atoms with Crippen molar-refractivity contribution >= 4 is 44.3 Å². The van der Waals surface area contributed by atoms with Gasteiger partial charge in [-0.25, -0.2) is 8.42 Å². The highest BCUT2D eigenvalue weighted by atomic mass is 32.2. The topological polar surface area (TPSA) is 90.5 Å². The summed E-state index contributed by atoms with van der Waals surface area (Å²) in [4.78, 5) is 16.0. The molecular weight excluding hydrogens is 544 g/mol. The van der Waals surface area contributed by atoms with E-state index in [2.05, 4.69) is 32.4 Å². The summed E-state index contributed by atoms with van der Waals surface area (Å²) in [6.45, 7) is 3.20. The van der Waals surface area contributed by atoms with Gasteiger partial charge in [0.05, 0.1) is 16.2 Å². The third-order valence-electron chi connectivity index (χ3n) is 7.71. The van der Waals surface area contributed by atoms with Crippen molar-refractivity contribution < 1.29 is 13.2 Å². The van der Waals surface area contributed by atoms with E-state index in [1.807, 2.05) is 48.5 Å². The molecule has 0 aliphatic carbocycles. The van der Waals surface area contributed by atoms with Crippen LogP contribution in [0.25, 0.3) is 11.3 Å². The largest absolute Gasteiger partial charge is 0.354 e. The number of sulfonamides is 1. The average molecular weight is 579 g/mol. The fourth-order valence-electron chi connectivity index (χ4n) is 5.56. The van der Waals surface area contributed by atoms with Crippen molar-refractivity contribution in [3.63, 3.8) is 0 Å². The number of hydrogen-bond donors (Lipinski definition) is 3. The first-order valence-corrected chi connectivity index (χ1v) is 15.9. The molecule has 0 aromatic heterocycles. The van der Waals surface area contributed by atoms with Crippen molar-refractivity contribution in [3.8, 4) is 0 Å². The van der Waals surface area contributed by atoms with Crippen LogP contribution in [0, 0.1) is 0 Å². The highest BCUT2D eigenvalue weighted by Gasteiger charge is 2.30. The van der Waals surface area contributed by atoms with Crippen molar-refractivity contribution in [2.45, 2.75) is 37.1 Å².